The van der Waals surface area contributed by atoms with Crippen LogP contribution in [0.2, 0.25) is 0 Å². The number of hydrogen-bond donors (Lipinski definition) is 0. The van der Waals surface area contributed by atoms with E-state index in [9.17, 15) is 10.1 Å². The van der Waals surface area contributed by atoms with Crippen molar-refractivity contribution in [3.05, 3.63) is 70.0 Å². The van der Waals surface area contributed by atoms with Crippen LogP contribution in [0.25, 0.3) is 0 Å². The van der Waals surface area contributed by atoms with Crippen LogP contribution < -0.4 is 4.57 Å². The van der Waals surface area contributed by atoms with Crippen LogP contribution >= 0.6 is 0 Å². The summed E-state index contributed by atoms with van der Waals surface area (Å²) in [5, 5.41) is 19.2. The highest BCUT2D eigenvalue weighted by atomic mass is 16.6. The molecule has 88 valence electrons. The fraction of sp³-hybridized carbons (Fsp3) is 0.0769. The molecule has 0 aliphatic carbocycles. The fourth-order valence-electron chi connectivity index (χ4n) is 1.57. The molecule has 1 aromatic carbocycles. The number of pyridine rings is 1. The van der Waals surface area contributed by atoms with Crippen molar-refractivity contribution in [1.82, 2.24) is 0 Å². The van der Waals surface area contributed by atoms with Crippen molar-refractivity contribution in [2.75, 3.05) is 0 Å². The van der Waals surface area contributed by atoms with E-state index in [0.29, 0.717) is 12.1 Å². The minimum Gasteiger partial charge on any atom is -0.258 e. The summed E-state index contributed by atoms with van der Waals surface area (Å²) in [6, 6.07) is 11.9. The van der Waals surface area contributed by atoms with Gasteiger partial charge in [-0.15, -0.1) is 0 Å². The summed E-state index contributed by atoms with van der Waals surface area (Å²) < 4.78 is 1.90. The van der Waals surface area contributed by atoms with Crippen molar-refractivity contribution in [1.29, 1.82) is 5.26 Å². The van der Waals surface area contributed by atoms with Crippen LogP contribution in [0.4, 0.5) is 5.69 Å². The van der Waals surface area contributed by atoms with E-state index < -0.39 is 4.92 Å². The van der Waals surface area contributed by atoms with E-state index in [1.807, 2.05) is 10.6 Å². The number of aromatic nitrogens is 1. The SMILES string of the molecule is N#Cc1cc[n+](Cc2ccc([N+](=O)[O-])cc2)cc1. The molecule has 0 bridgehead atoms. The highest BCUT2D eigenvalue weighted by Gasteiger charge is 2.07. The minimum atomic E-state index is -0.418. The molecule has 0 aliphatic heterocycles. The summed E-state index contributed by atoms with van der Waals surface area (Å²) in [4.78, 5) is 10.1. The fourth-order valence-corrected chi connectivity index (χ4v) is 1.57. The highest BCUT2D eigenvalue weighted by Crippen LogP contribution is 2.11. The Hall–Kier alpha value is -2.74. The van der Waals surface area contributed by atoms with Crippen LogP contribution in [0, 0.1) is 21.4 Å². The van der Waals surface area contributed by atoms with E-state index in [2.05, 4.69) is 0 Å². The molecule has 0 N–H and O–H groups in total. The molecular weight excluding hydrogens is 230 g/mol. The molecule has 0 unspecified atom stereocenters. The van der Waals surface area contributed by atoms with E-state index in [0.717, 1.165) is 5.56 Å². The zero-order valence-electron chi connectivity index (χ0n) is 9.48. The second-order valence-electron chi connectivity index (χ2n) is 3.79. The predicted molar refractivity (Wildman–Crippen MR) is 63.6 cm³/mol. The summed E-state index contributed by atoms with van der Waals surface area (Å²) >= 11 is 0. The Balaban J connectivity index is 2.13. The van der Waals surface area contributed by atoms with Gasteiger partial charge in [-0.1, -0.05) is 0 Å². The quantitative estimate of drug-likeness (QED) is 0.466. The summed E-state index contributed by atoms with van der Waals surface area (Å²) in [6.45, 7) is 0.615. The lowest BCUT2D eigenvalue weighted by Gasteiger charge is -1.97. The molecule has 18 heavy (non-hydrogen) atoms. The van der Waals surface area contributed by atoms with Crippen molar-refractivity contribution >= 4 is 5.69 Å². The molecule has 0 radical (unpaired) electrons. The first-order valence-electron chi connectivity index (χ1n) is 5.31. The molecule has 0 aliphatic rings. The molecule has 0 saturated heterocycles. The molecule has 2 aromatic rings. The number of rotatable bonds is 3. The molecule has 0 amide bonds. The van der Waals surface area contributed by atoms with Crippen LogP contribution in [0.1, 0.15) is 11.1 Å². The molecular formula is C13H10N3O2+. The van der Waals surface area contributed by atoms with Gasteiger partial charge >= 0.3 is 0 Å². The number of nitriles is 1. The van der Waals surface area contributed by atoms with Crippen molar-refractivity contribution in [3.63, 3.8) is 0 Å². The van der Waals surface area contributed by atoms with Gasteiger partial charge in [-0.25, -0.2) is 4.57 Å². The molecule has 0 atom stereocenters. The van der Waals surface area contributed by atoms with Crippen molar-refractivity contribution in [2.24, 2.45) is 0 Å². The highest BCUT2D eigenvalue weighted by molar-refractivity contribution is 5.32. The summed E-state index contributed by atoms with van der Waals surface area (Å²) in [5.74, 6) is 0. The molecule has 0 saturated carbocycles. The average molecular weight is 240 g/mol. The molecule has 5 heteroatoms. The molecule has 0 spiro atoms. The van der Waals surface area contributed by atoms with E-state index in [1.54, 1.807) is 36.7 Å². The third-order valence-corrected chi connectivity index (χ3v) is 2.53. The van der Waals surface area contributed by atoms with E-state index >= 15 is 0 Å². The zero-order valence-corrected chi connectivity index (χ0v) is 9.48. The number of nitro benzene ring substituents is 1. The standard InChI is InChI=1S/C13H10N3O2/c14-9-11-5-7-15(8-6-11)10-12-1-3-13(4-2-12)16(17)18/h1-8H,10H2/q+1. The first kappa shape index (κ1) is 11.7. The van der Waals surface area contributed by atoms with Gasteiger partial charge in [0.05, 0.1) is 16.6 Å². The number of nitrogens with zero attached hydrogens (tertiary/aromatic N) is 3. The summed E-state index contributed by atoms with van der Waals surface area (Å²) in [5.41, 5.74) is 1.66. The van der Waals surface area contributed by atoms with E-state index in [-0.39, 0.29) is 5.69 Å². The van der Waals surface area contributed by atoms with Crippen molar-refractivity contribution in [3.8, 4) is 6.07 Å². The van der Waals surface area contributed by atoms with Gasteiger partial charge in [0.2, 0.25) is 0 Å². The number of nitro groups is 1. The molecule has 1 heterocycles. The van der Waals surface area contributed by atoms with E-state index in [1.165, 1.54) is 12.1 Å². The van der Waals surface area contributed by atoms with Gasteiger partial charge in [-0.05, 0) is 12.1 Å². The Kier molecular flexibility index (Phi) is 3.30. The van der Waals surface area contributed by atoms with Gasteiger partial charge < -0.3 is 0 Å². The number of hydrogen-bond acceptors (Lipinski definition) is 3. The van der Waals surface area contributed by atoms with Crippen molar-refractivity contribution in [2.45, 2.75) is 6.54 Å². The molecule has 5 nitrogen and oxygen atoms in total. The van der Waals surface area contributed by atoms with Gasteiger partial charge in [0.1, 0.15) is 0 Å². The van der Waals surface area contributed by atoms with Crippen molar-refractivity contribution < 1.29 is 9.49 Å². The van der Waals surface area contributed by atoms with Crippen LogP contribution in [0.15, 0.2) is 48.8 Å². The Morgan fingerprint density at radius 2 is 1.78 bits per heavy atom. The number of benzene rings is 1. The summed E-state index contributed by atoms with van der Waals surface area (Å²) in [7, 11) is 0. The topological polar surface area (TPSA) is 70.8 Å². The molecule has 2 rings (SSSR count). The summed E-state index contributed by atoms with van der Waals surface area (Å²) in [6.07, 6.45) is 3.61. The maximum Gasteiger partial charge on any atom is 0.269 e. The van der Waals surface area contributed by atoms with Gasteiger partial charge in [0.15, 0.2) is 18.9 Å². The third-order valence-electron chi connectivity index (χ3n) is 2.53. The van der Waals surface area contributed by atoms with Crippen LogP contribution in [-0.4, -0.2) is 4.92 Å². The smallest absolute Gasteiger partial charge is 0.258 e. The second kappa shape index (κ2) is 5.06. The average Bonchev–Trinajstić information content (AvgIpc) is 2.40. The maximum absolute atomic E-state index is 10.5. The van der Waals surface area contributed by atoms with Crippen LogP contribution in [0.3, 0.4) is 0 Å². The molecule has 1 aromatic heterocycles. The Morgan fingerprint density at radius 3 is 2.28 bits per heavy atom. The Morgan fingerprint density at radius 1 is 1.17 bits per heavy atom. The number of non-ortho nitro benzene ring substituents is 1. The lowest BCUT2D eigenvalue weighted by atomic mass is 10.2. The van der Waals surface area contributed by atoms with Crippen LogP contribution in [0.5, 0.6) is 0 Å². The second-order valence-corrected chi connectivity index (χ2v) is 3.79. The first-order valence-corrected chi connectivity index (χ1v) is 5.31. The first-order chi connectivity index (χ1) is 8.69. The zero-order chi connectivity index (χ0) is 13.0. The predicted octanol–water partition coefficient (Wildman–Crippen LogP) is 1.80. The van der Waals surface area contributed by atoms with E-state index in [4.69, 9.17) is 5.26 Å². The van der Waals surface area contributed by atoms with Gasteiger partial charge in [0.25, 0.3) is 5.69 Å². The third kappa shape index (κ3) is 2.68. The Labute approximate surface area is 104 Å². The molecule has 0 fully saturated rings. The van der Waals surface area contributed by atoms with Gasteiger partial charge in [-0.2, -0.15) is 5.26 Å². The lowest BCUT2D eigenvalue weighted by molar-refractivity contribution is -0.688. The van der Waals surface area contributed by atoms with Gasteiger partial charge in [-0.3, -0.25) is 10.1 Å². The van der Waals surface area contributed by atoms with Gasteiger partial charge in [0, 0.05) is 29.8 Å². The normalized spacial score (nSPS) is 9.72. The maximum atomic E-state index is 10.5. The van der Waals surface area contributed by atoms with Crippen LogP contribution in [-0.2, 0) is 6.54 Å². The largest absolute Gasteiger partial charge is 0.269 e. The monoisotopic (exact) mass is 240 g/mol. The Bertz CT molecular complexity index is 598. The lowest BCUT2D eigenvalue weighted by Crippen LogP contribution is -2.33. The minimum absolute atomic E-state index is 0.0866.